The Morgan fingerprint density at radius 2 is 1.89 bits per heavy atom. The Kier molecular flexibility index (Phi) is 4.56. The lowest BCUT2D eigenvalue weighted by atomic mass is 10.3. The van der Waals surface area contributed by atoms with Crippen molar-refractivity contribution in [2.75, 3.05) is 30.6 Å². The van der Waals surface area contributed by atoms with Crippen molar-refractivity contribution in [3.63, 3.8) is 0 Å². The van der Waals surface area contributed by atoms with Gasteiger partial charge in [-0.3, -0.25) is 0 Å². The Bertz CT molecular complexity index is 449. The normalized spacial score (nSPS) is 15.6. The number of urea groups is 1. The number of anilines is 1. The lowest BCUT2D eigenvalue weighted by Crippen LogP contribution is -2.49. The Morgan fingerprint density at radius 3 is 2.50 bits per heavy atom. The number of rotatable bonds is 1. The smallest absolute Gasteiger partial charge is 0.321 e. The quantitative estimate of drug-likeness (QED) is 0.810. The summed E-state index contributed by atoms with van der Waals surface area (Å²) in [5.74, 6) is 0. The third kappa shape index (κ3) is 3.01. The maximum Gasteiger partial charge on any atom is 0.339 e. The largest absolute Gasteiger partial charge is 0.339 e. The number of piperazine rings is 1. The highest BCUT2D eigenvalue weighted by molar-refractivity contribution is 6.43. The number of benzene rings is 1. The van der Waals surface area contributed by atoms with E-state index in [1.165, 1.54) is 0 Å². The first-order valence-electron chi connectivity index (χ1n) is 5.50. The van der Waals surface area contributed by atoms with E-state index < -0.39 is 0 Å². The molecule has 0 radical (unpaired) electrons. The van der Waals surface area contributed by atoms with Gasteiger partial charge >= 0.3 is 6.03 Å². The van der Waals surface area contributed by atoms with Gasteiger partial charge in [-0.25, -0.2) is 9.21 Å². The Balaban J connectivity index is 2.11. The van der Waals surface area contributed by atoms with Crippen molar-refractivity contribution in [3.8, 4) is 0 Å². The lowest BCUT2D eigenvalue weighted by molar-refractivity contribution is 0.200. The second-order valence-electron chi connectivity index (χ2n) is 3.90. The van der Waals surface area contributed by atoms with Gasteiger partial charge in [0.2, 0.25) is 0 Å². The van der Waals surface area contributed by atoms with Gasteiger partial charge in [0.1, 0.15) is 0 Å². The van der Waals surface area contributed by atoms with E-state index in [4.69, 9.17) is 35.0 Å². The molecule has 1 aromatic carbocycles. The summed E-state index contributed by atoms with van der Waals surface area (Å²) < 4.78 is 1.06. The first-order chi connectivity index (χ1) is 8.59. The fraction of sp³-hybridized carbons (Fsp3) is 0.364. The molecule has 1 heterocycles. The molecule has 4 nitrogen and oxygen atoms in total. The fourth-order valence-electron chi connectivity index (χ4n) is 1.70. The van der Waals surface area contributed by atoms with E-state index in [1.54, 1.807) is 23.1 Å². The summed E-state index contributed by atoms with van der Waals surface area (Å²) in [6.45, 7) is 2.84. The highest BCUT2D eigenvalue weighted by atomic mass is 35.5. The van der Waals surface area contributed by atoms with E-state index in [9.17, 15) is 4.79 Å². The molecular formula is C11H12Cl3N3O. The van der Waals surface area contributed by atoms with Gasteiger partial charge in [0.25, 0.3) is 0 Å². The van der Waals surface area contributed by atoms with Crippen LogP contribution in [0.2, 0.25) is 10.0 Å². The van der Waals surface area contributed by atoms with Crippen LogP contribution < -0.4 is 9.74 Å². The number of halogens is 3. The predicted molar refractivity (Wildman–Crippen MR) is 74.6 cm³/mol. The van der Waals surface area contributed by atoms with Crippen molar-refractivity contribution in [1.29, 1.82) is 0 Å². The Labute approximate surface area is 121 Å². The molecule has 7 heteroatoms. The van der Waals surface area contributed by atoms with Gasteiger partial charge in [-0.15, -0.1) is 0 Å². The molecule has 1 aromatic rings. The van der Waals surface area contributed by atoms with E-state index >= 15 is 0 Å². The average Bonchev–Trinajstić information content (AvgIpc) is 2.41. The topological polar surface area (TPSA) is 35.6 Å². The van der Waals surface area contributed by atoms with E-state index in [0.717, 1.165) is 17.5 Å². The SMILES string of the molecule is O=C(N1CCNCC1)N(Cl)c1ccc(Cl)c(Cl)c1. The Morgan fingerprint density at radius 1 is 1.22 bits per heavy atom. The summed E-state index contributed by atoms with van der Waals surface area (Å²) in [5.41, 5.74) is 0.509. The molecular weight excluding hydrogens is 296 g/mol. The van der Waals surface area contributed by atoms with Crippen LogP contribution in [0.15, 0.2) is 18.2 Å². The highest BCUT2D eigenvalue weighted by Gasteiger charge is 2.22. The highest BCUT2D eigenvalue weighted by Crippen LogP contribution is 2.28. The van der Waals surface area contributed by atoms with Crippen molar-refractivity contribution in [1.82, 2.24) is 10.2 Å². The van der Waals surface area contributed by atoms with Crippen LogP contribution in [-0.2, 0) is 0 Å². The second kappa shape index (κ2) is 5.97. The number of carbonyl (C=O) groups excluding carboxylic acids is 1. The molecule has 1 aliphatic heterocycles. The molecule has 0 unspecified atom stereocenters. The summed E-state index contributed by atoms with van der Waals surface area (Å²) in [5, 5.41) is 3.97. The molecule has 0 aromatic heterocycles. The van der Waals surface area contributed by atoms with Crippen molar-refractivity contribution in [2.45, 2.75) is 0 Å². The van der Waals surface area contributed by atoms with Gasteiger partial charge in [-0.1, -0.05) is 23.2 Å². The summed E-state index contributed by atoms with van der Waals surface area (Å²) in [6, 6.07) is 4.58. The second-order valence-corrected chi connectivity index (χ2v) is 5.05. The third-order valence-corrected chi connectivity index (χ3v) is 3.76. The molecule has 1 aliphatic rings. The predicted octanol–water partition coefficient (Wildman–Crippen LogP) is 2.98. The Hall–Kier alpha value is -0.680. The van der Waals surface area contributed by atoms with Gasteiger partial charge in [0.15, 0.2) is 0 Å². The molecule has 0 aliphatic carbocycles. The monoisotopic (exact) mass is 307 g/mol. The maximum atomic E-state index is 12.1. The standard InChI is InChI=1S/C11H12Cl3N3O/c12-9-2-1-8(7-10(9)13)17(14)11(18)16-5-3-15-4-6-16/h1-2,7,15H,3-6H2. The summed E-state index contributed by atoms with van der Waals surface area (Å²) >= 11 is 17.7. The van der Waals surface area contributed by atoms with Gasteiger partial charge in [0, 0.05) is 38.0 Å². The van der Waals surface area contributed by atoms with Gasteiger partial charge in [-0.05, 0) is 18.2 Å². The molecule has 0 atom stereocenters. The molecule has 2 amide bonds. The van der Waals surface area contributed by atoms with Crippen molar-refractivity contribution in [3.05, 3.63) is 28.2 Å². The van der Waals surface area contributed by atoms with Crippen LogP contribution in [0.1, 0.15) is 0 Å². The molecule has 0 saturated carbocycles. The van der Waals surface area contributed by atoms with Crippen molar-refractivity contribution >= 4 is 46.7 Å². The number of hydrogen-bond acceptors (Lipinski definition) is 2. The minimum absolute atomic E-state index is 0.253. The van der Waals surface area contributed by atoms with Crippen LogP contribution in [0.4, 0.5) is 10.5 Å². The van der Waals surface area contributed by atoms with Crippen LogP contribution in [0.25, 0.3) is 0 Å². The van der Waals surface area contributed by atoms with Crippen molar-refractivity contribution in [2.24, 2.45) is 0 Å². The van der Waals surface area contributed by atoms with E-state index in [-0.39, 0.29) is 6.03 Å². The van der Waals surface area contributed by atoms with E-state index in [2.05, 4.69) is 5.32 Å². The minimum Gasteiger partial charge on any atom is -0.321 e. The first-order valence-corrected chi connectivity index (χ1v) is 6.59. The molecule has 0 spiro atoms. The summed E-state index contributed by atoms with van der Waals surface area (Å²) in [6.07, 6.45) is 0. The summed E-state index contributed by atoms with van der Waals surface area (Å²) in [7, 11) is 0. The number of hydrogen-bond donors (Lipinski definition) is 1. The molecule has 1 fully saturated rings. The van der Waals surface area contributed by atoms with Crippen LogP contribution in [0, 0.1) is 0 Å². The van der Waals surface area contributed by atoms with Gasteiger partial charge in [0.05, 0.1) is 15.7 Å². The fourth-order valence-corrected chi connectivity index (χ4v) is 2.20. The number of carbonyl (C=O) groups is 1. The molecule has 18 heavy (non-hydrogen) atoms. The molecule has 98 valence electrons. The number of nitrogens with one attached hydrogen (secondary N) is 1. The lowest BCUT2D eigenvalue weighted by Gasteiger charge is -2.30. The summed E-state index contributed by atoms with van der Waals surface area (Å²) in [4.78, 5) is 13.8. The van der Waals surface area contributed by atoms with E-state index in [0.29, 0.717) is 28.8 Å². The van der Waals surface area contributed by atoms with Crippen LogP contribution in [-0.4, -0.2) is 37.1 Å². The molecule has 1 N–H and O–H groups in total. The van der Waals surface area contributed by atoms with Crippen LogP contribution >= 0.6 is 35.0 Å². The van der Waals surface area contributed by atoms with Crippen LogP contribution in [0.5, 0.6) is 0 Å². The minimum atomic E-state index is -0.253. The molecule has 1 saturated heterocycles. The zero-order valence-electron chi connectivity index (χ0n) is 9.50. The maximum absolute atomic E-state index is 12.1. The van der Waals surface area contributed by atoms with Crippen LogP contribution in [0.3, 0.4) is 0 Å². The third-order valence-electron chi connectivity index (χ3n) is 2.69. The molecule has 2 rings (SSSR count). The number of amides is 2. The zero-order chi connectivity index (χ0) is 13.1. The van der Waals surface area contributed by atoms with Crippen molar-refractivity contribution < 1.29 is 4.79 Å². The molecule has 0 bridgehead atoms. The first kappa shape index (κ1) is 13.7. The number of nitrogens with zero attached hydrogens (tertiary/aromatic N) is 2. The van der Waals surface area contributed by atoms with Gasteiger partial charge in [-0.2, -0.15) is 0 Å². The zero-order valence-corrected chi connectivity index (χ0v) is 11.8. The van der Waals surface area contributed by atoms with E-state index in [1.807, 2.05) is 0 Å². The van der Waals surface area contributed by atoms with Gasteiger partial charge < -0.3 is 10.2 Å². The average molecular weight is 309 g/mol.